The predicted molar refractivity (Wildman–Crippen MR) is 76.8 cm³/mol. The summed E-state index contributed by atoms with van der Waals surface area (Å²) in [7, 11) is 1.70. The summed E-state index contributed by atoms with van der Waals surface area (Å²) in [5.41, 5.74) is 2.53. The molecular weight excluding hydrogens is 238 g/mol. The molecule has 1 aliphatic heterocycles. The van der Waals surface area contributed by atoms with Gasteiger partial charge in [0.05, 0.1) is 19.0 Å². The number of nitrogens with one attached hydrogen (secondary N) is 2. The quantitative estimate of drug-likeness (QED) is 0.877. The molecule has 0 amide bonds. The van der Waals surface area contributed by atoms with Crippen LogP contribution >= 0.6 is 0 Å². The normalized spacial score (nSPS) is 24.8. The maximum absolute atomic E-state index is 5.39. The molecule has 0 aromatic carbocycles. The topological polar surface area (TPSA) is 46.2 Å². The number of methoxy groups -OCH3 is 1. The van der Waals surface area contributed by atoms with E-state index in [0.717, 1.165) is 23.7 Å². The fourth-order valence-corrected chi connectivity index (χ4v) is 3.31. The predicted octanol–water partition coefficient (Wildman–Crippen LogP) is 2.49. The molecule has 1 aromatic heterocycles. The van der Waals surface area contributed by atoms with Gasteiger partial charge in [-0.2, -0.15) is 0 Å². The van der Waals surface area contributed by atoms with Crippen molar-refractivity contribution in [3.05, 3.63) is 18.0 Å². The molecule has 1 saturated carbocycles. The van der Waals surface area contributed by atoms with Gasteiger partial charge in [0, 0.05) is 17.3 Å². The van der Waals surface area contributed by atoms with Crippen LogP contribution in [0.2, 0.25) is 0 Å². The third kappa shape index (κ3) is 2.54. The van der Waals surface area contributed by atoms with Crippen LogP contribution in [0.25, 0.3) is 0 Å². The number of anilines is 1. The van der Waals surface area contributed by atoms with Gasteiger partial charge in [0.1, 0.15) is 0 Å². The zero-order chi connectivity index (χ0) is 13.3. The molecule has 4 heteroatoms. The van der Waals surface area contributed by atoms with E-state index in [-0.39, 0.29) is 0 Å². The maximum atomic E-state index is 5.39. The standard InChI is InChI=1S/C15H23N3O/c1-11-8-13(14(19-2)10-16-11)18-12-4-7-17-15(9-12)5-3-6-15/h8,10,12,17H,3-7,9H2,1-2H3,(H,16,18). The van der Waals surface area contributed by atoms with Crippen LogP contribution in [0.4, 0.5) is 5.69 Å². The summed E-state index contributed by atoms with van der Waals surface area (Å²) in [6.07, 6.45) is 8.23. The first-order valence-electron chi connectivity index (χ1n) is 7.23. The summed E-state index contributed by atoms with van der Waals surface area (Å²) in [6, 6.07) is 2.62. The van der Waals surface area contributed by atoms with E-state index in [2.05, 4.69) is 21.7 Å². The number of aromatic nitrogens is 1. The highest BCUT2D eigenvalue weighted by Gasteiger charge is 2.40. The monoisotopic (exact) mass is 261 g/mol. The van der Waals surface area contributed by atoms with Crippen LogP contribution in [0.5, 0.6) is 5.75 Å². The lowest BCUT2D eigenvalue weighted by atomic mass is 9.70. The van der Waals surface area contributed by atoms with E-state index in [1.807, 2.05) is 6.92 Å². The Labute approximate surface area is 115 Å². The van der Waals surface area contributed by atoms with Gasteiger partial charge in [-0.05, 0) is 51.6 Å². The van der Waals surface area contributed by atoms with Crippen molar-refractivity contribution in [2.45, 2.75) is 50.6 Å². The summed E-state index contributed by atoms with van der Waals surface area (Å²) in [5, 5.41) is 7.36. The van der Waals surface area contributed by atoms with Gasteiger partial charge in [0.2, 0.25) is 0 Å². The van der Waals surface area contributed by atoms with E-state index >= 15 is 0 Å². The van der Waals surface area contributed by atoms with Crippen molar-refractivity contribution in [1.82, 2.24) is 10.3 Å². The molecule has 1 unspecified atom stereocenters. The van der Waals surface area contributed by atoms with Gasteiger partial charge in [-0.15, -0.1) is 0 Å². The van der Waals surface area contributed by atoms with E-state index in [9.17, 15) is 0 Å². The zero-order valence-electron chi connectivity index (χ0n) is 11.8. The molecule has 0 radical (unpaired) electrons. The van der Waals surface area contributed by atoms with Gasteiger partial charge in [-0.3, -0.25) is 4.98 Å². The van der Waals surface area contributed by atoms with E-state index in [0.29, 0.717) is 11.6 Å². The summed E-state index contributed by atoms with van der Waals surface area (Å²) < 4.78 is 5.39. The molecule has 2 heterocycles. The van der Waals surface area contributed by atoms with Crippen molar-refractivity contribution in [2.75, 3.05) is 19.0 Å². The Bertz CT molecular complexity index is 457. The van der Waals surface area contributed by atoms with Crippen molar-refractivity contribution in [2.24, 2.45) is 0 Å². The molecule has 19 heavy (non-hydrogen) atoms. The highest BCUT2D eigenvalue weighted by Crippen LogP contribution is 2.39. The van der Waals surface area contributed by atoms with Crippen LogP contribution in [0.1, 0.15) is 37.8 Å². The van der Waals surface area contributed by atoms with Crippen molar-refractivity contribution in [3.8, 4) is 5.75 Å². The summed E-state index contributed by atoms with van der Waals surface area (Å²) in [4.78, 5) is 4.28. The minimum absolute atomic E-state index is 0.422. The van der Waals surface area contributed by atoms with E-state index in [1.54, 1.807) is 13.3 Å². The van der Waals surface area contributed by atoms with E-state index < -0.39 is 0 Å². The molecule has 1 saturated heterocycles. The minimum Gasteiger partial charge on any atom is -0.493 e. The summed E-state index contributed by atoms with van der Waals surface area (Å²) >= 11 is 0. The molecular formula is C15H23N3O. The average Bonchev–Trinajstić information content (AvgIpc) is 2.37. The Morgan fingerprint density at radius 3 is 3.00 bits per heavy atom. The van der Waals surface area contributed by atoms with E-state index in [4.69, 9.17) is 4.74 Å². The van der Waals surface area contributed by atoms with Crippen molar-refractivity contribution < 1.29 is 4.74 Å². The molecule has 4 nitrogen and oxygen atoms in total. The Morgan fingerprint density at radius 2 is 2.32 bits per heavy atom. The molecule has 3 rings (SSSR count). The van der Waals surface area contributed by atoms with Crippen LogP contribution in [0.15, 0.2) is 12.3 Å². The number of nitrogens with zero attached hydrogens (tertiary/aromatic N) is 1. The zero-order valence-corrected chi connectivity index (χ0v) is 11.8. The number of pyridine rings is 1. The third-order valence-electron chi connectivity index (χ3n) is 4.52. The lowest BCUT2D eigenvalue weighted by Crippen LogP contribution is -2.58. The van der Waals surface area contributed by atoms with Gasteiger partial charge >= 0.3 is 0 Å². The first kappa shape index (κ1) is 12.7. The summed E-state index contributed by atoms with van der Waals surface area (Å²) in [5.74, 6) is 0.840. The lowest BCUT2D eigenvalue weighted by molar-refractivity contribution is 0.135. The molecule has 104 valence electrons. The highest BCUT2D eigenvalue weighted by molar-refractivity contribution is 5.56. The van der Waals surface area contributed by atoms with Crippen molar-refractivity contribution >= 4 is 5.69 Å². The summed E-state index contributed by atoms with van der Waals surface area (Å²) in [6.45, 7) is 3.13. The smallest absolute Gasteiger partial charge is 0.160 e. The number of rotatable bonds is 3. The molecule has 1 aliphatic carbocycles. The molecule has 0 bridgehead atoms. The fourth-order valence-electron chi connectivity index (χ4n) is 3.31. The molecule has 1 spiro atoms. The van der Waals surface area contributed by atoms with Crippen LogP contribution in [0, 0.1) is 6.92 Å². The Balaban J connectivity index is 1.72. The van der Waals surface area contributed by atoms with Crippen LogP contribution in [-0.2, 0) is 0 Å². The highest BCUT2D eigenvalue weighted by atomic mass is 16.5. The van der Waals surface area contributed by atoms with Gasteiger partial charge in [0.15, 0.2) is 5.75 Å². The third-order valence-corrected chi connectivity index (χ3v) is 4.52. The molecule has 2 fully saturated rings. The lowest BCUT2D eigenvalue weighted by Gasteiger charge is -2.48. The molecule has 1 aromatic rings. The first-order chi connectivity index (χ1) is 9.21. The Kier molecular flexibility index (Phi) is 3.35. The second-order valence-electron chi connectivity index (χ2n) is 5.92. The SMILES string of the molecule is COc1cnc(C)cc1NC1CCNC2(CCC2)C1. The van der Waals surface area contributed by atoms with Crippen LogP contribution in [0.3, 0.4) is 0 Å². The van der Waals surface area contributed by atoms with Gasteiger partial charge in [0.25, 0.3) is 0 Å². The van der Waals surface area contributed by atoms with Gasteiger partial charge < -0.3 is 15.4 Å². The van der Waals surface area contributed by atoms with Crippen molar-refractivity contribution in [1.29, 1.82) is 0 Å². The second-order valence-corrected chi connectivity index (χ2v) is 5.92. The average molecular weight is 261 g/mol. The Morgan fingerprint density at radius 1 is 1.47 bits per heavy atom. The molecule has 2 aliphatic rings. The largest absolute Gasteiger partial charge is 0.493 e. The second kappa shape index (κ2) is 5.00. The van der Waals surface area contributed by atoms with Crippen LogP contribution in [-0.4, -0.2) is 30.2 Å². The Hall–Kier alpha value is -1.29. The first-order valence-corrected chi connectivity index (χ1v) is 7.23. The number of piperidine rings is 1. The molecule has 2 N–H and O–H groups in total. The van der Waals surface area contributed by atoms with Gasteiger partial charge in [-0.1, -0.05) is 0 Å². The number of hydrogen-bond acceptors (Lipinski definition) is 4. The van der Waals surface area contributed by atoms with E-state index in [1.165, 1.54) is 32.1 Å². The number of hydrogen-bond donors (Lipinski definition) is 2. The fraction of sp³-hybridized carbons (Fsp3) is 0.667. The minimum atomic E-state index is 0.422. The maximum Gasteiger partial charge on any atom is 0.160 e. The van der Waals surface area contributed by atoms with Gasteiger partial charge in [-0.25, -0.2) is 0 Å². The number of aryl methyl sites for hydroxylation is 1. The van der Waals surface area contributed by atoms with Crippen LogP contribution < -0.4 is 15.4 Å². The molecule has 1 atom stereocenters. The van der Waals surface area contributed by atoms with Crippen molar-refractivity contribution in [3.63, 3.8) is 0 Å². The number of ether oxygens (including phenoxy) is 1.